The topological polar surface area (TPSA) is 48.8 Å². The quantitative estimate of drug-likeness (QED) is 0.934. The van der Waals surface area contributed by atoms with Crippen LogP contribution in [-0.4, -0.2) is 60.4 Å². The normalized spacial score (nSPS) is 16.6. The Morgan fingerprint density at radius 2 is 1.92 bits per heavy atom. The lowest BCUT2D eigenvalue weighted by atomic mass is 10.1. The first-order chi connectivity index (χ1) is 11.4. The van der Waals surface area contributed by atoms with Gasteiger partial charge in [-0.15, -0.1) is 0 Å². The number of aryl methyl sites for hydroxylation is 1. The number of methoxy groups -OCH3 is 1. The molecule has 2 heterocycles. The summed E-state index contributed by atoms with van der Waals surface area (Å²) in [5.41, 5.74) is 2.71. The summed E-state index contributed by atoms with van der Waals surface area (Å²) < 4.78 is 5.46. The molecule has 1 aromatic heterocycles. The van der Waals surface area contributed by atoms with E-state index in [1.54, 1.807) is 7.11 Å². The highest BCUT2D eigenvalue weighted by Crippen LogP contribution is 2.34. The molecule has 130 valence electrons. The lowest BCUT2D eigenvalue weighted by Gasteiger charge is -2.39. The molecule has 2 aromatic rings. The Balaban J connectivity index is 1.87. The molecule has 0 bridgehead atoms. The van der Waals surface area contributed by atoms with Gasteiger partial charge < -0.3 is 14.7 Å². The van der Waals surface area contributed by atoms with E-state index < -0.39 is 5.60 Å². The number of ether oxygens (including phenoxy) is 1. The number of aromatic nitrogens is 1. The fraction of sp³-hybridized carbons (Fsp3) is 0.526. The van der Waals surface area contributed by atoms with Gasteiger partial charge in [0, 0.05) is 44.3 Å². The first-order valence-corrected chi connectivity index (χ1v) is 8.51. The van der Waals surface area contributed by atoms with Crippen molar-refractivity contribution < 1.29 is 9.84 Å². The largest absolute Gasteiger partial charge is 0.494 e. The third-order valence-electron chi connectivity index (χ3n) is 4.53. The first kappa shape index (κ1) is 17.0. The van der Waals surface area contributed by atoms with E-state index in [-0.39, 0.29) is 0 Å². The van der Waals surface area contributed by atoms with Crippen molar-refractivity contribution in [2.24, 2.45) is 0 Å². The summed E-state index contributed by atoms with van der Waals surface area (Å²) in [5, 5.41) is 11.2. The summed E-state index contributed by atoms with van der Waals surface area (Å²) in [4.78, 5) is 9.33. The number of para-hydroxylation sites is 1. The summed E-state index contributed by atoms with van der Waals surface area (Å²) in [7, 11) is 1.69. The van der Waals surface area contributed by atoms with Crippen molar-refractivity contribution in [2.75, 3.05) is 44.7 Å². The van der Waals surface area contributed by atoms with Crippen LogP contribution in [0.2, 0.25) is 0 Å². The molecule has 5 nitrogen and oxygen atoms in total. The molecular weight excluding hydrogens is 302 g/mol. The van der Waals surface area contributed by atoms with Crippen molar-refractivity contribution in [3.8, 4) is 5.75 Å². The van der Waals surface area contributed by atoms with Gasteiger partial charge in [-0.1, -0.05) is 12.1 Å². The smallest absolute Gasteiger partial charge is 0.145 e. The van der Waals surface area contributed by atoms with Gasteiger partial charge in [-0.25, -0.2) is 0 Å². The van der Waals surface area contributed by atoms with Gasteiger partial charge in [0.05, 0.1) is 18.4 Å². The average Bonchev–Trinajstić information content (AvgIpc) is 2.53. The SMILES string of the molecule is COc1cccc2c(N3CCN(CC(C)(C)O)CC3)c(C)cnc12. The molecule has 1 aliphatic heterocycles. The molecule has 0 spiro atoms. The molecule has 0 amide bonds. The molecule has 1 aliphatic rings. The standard InChI is InChI=1S/C19H27N3O2/c1-14-12-20-17-15(6-5-7-16(17)24-4)18(14)22-10-8-21(9-11-22)13-19(2,3)23/h5-7,12,23H,8-11,13H2,1-4H3. The number of benzene rings is 1. The Hall–Kier alpha value is -1.85. The van der Waals surface area contributed by atoms with Crippen molar-refractivity contribution >= 4 is 16.6 Å². The van der Waals surface area contributed by atoms with Crippen LogP contribution in [0.4, 0.5) is 5.69 Å². The lowest BCUT2D eigenvalue weighted by Crippen LogP contribution is -2.50. The molecule has 0 saturated carbocycles. The Labute approximate surface area is 143 Å². The lowest BCUT2D eigenvalue weighted by molar-refractivity contribution is 0.0345. The van der Waals surface area contributed by atoms with Crippen LogP contribution >= 0.6 is 0 Å². The zero-order valence-electron chi connectivity index (χ0n) is 15.0. The summed E-state index contributed by atoms with van der Waals surface area (Å²) >= 11 is 0. The first-order valence-electron chi connectivity index (χ1n) is 8.51. The number of piperazine rings is 1. The number of rotatable bonds is 4. The van der Waals surface area contributed by atoms with Crippen molar-refractivity contribution in [1.29, 1.82) is 0 Å². The Morgan fingerprint density at radius 3 is 2.54 bits per heavy atom. The minimum absolute atomic E-state index is 0.644. The third kappa shape index (κ3) is 3.47. The number of pyridine rings is 1. The highest BCUT2D eigenvalue weighted by atomic mass is 16.5. The van der Waals surface area contributed by atoms with Gasteiger partial charge in [0.1, 0.15) is 11.3 Å². The molecule has 1 fully saturated rings. The molecule has 24 heavy (non-hydrogen) atoms. The molecule has 1 saturated heterocycles. The van der Waals surface area contributed by atoms with E-state index in [9.17, 15) is 5.11 Å². The van der Waals surface area contributed by atoms with Gasteiger partial charge in [0.25, 0.3) is 0 Å². The van der Waals surface area contributed by atoms with Crippen LogP contribution in [0.25, 0.3) is 10.9 Å². The van der Waals surface area contributed by atoms with E-state index in [1.165, 1.54) is 11.3 Å². The number of anilines is 1. The zero-order chi connectivity index (χ0) is 17.3. The van der Waals surface area contributed by atoms with Gasteiger partial charge in [0.15, 0.2) is 0 Å². The molecule has 0 radical (unpaired) electrons. The minimum Gasteiger partial charge on any atom is -0.494 e. The van der Waals surface area contributed by atoms with Crippen LogP contribution in [0.3, 0.4) is 0 Å². The second-order valence-electron chi connectivity index (χ2n) is 7.22. The number of β-amino-alcohol motifs (C(OH)–C–C–N with tert-alkyl or cyclic N) is 1. The molecule has 1 N–H and O–H groups in total. The van der Waals surface area contributed by atoms with E-state index in [0.717, 1.165) is 42.8 Å². The molecule has 0 aliphatic carbocycles. The number of aliphatic hydroxyl groups is 1. The van der Waals surface area contributed by atoms with Crippen LogP contribution in [0.15, 0.2) is 24.4 Å². The molecule has 1 aromatic carbocycles. The van der Waals surface area contributed by atoms with Gasteiger partial charge in [-0.2, -0.15) is 0 Å². The van der Waals surface area contributed by atoms with E-state index in [1.807, 2.05) is 32.2 Å². The monoisotopic (exact) mass is 329 g/mol. The maximum absolute atomic E-state index is 10.0. The maximum atomic E-state index is 10.0. The number of fused-ring (bicyclic) bond motifs is 1. The minimum atomic E-state index is -0.644. The predicted molar refractivity (Wildman–Crippen MR) is 98.0 cm³/mol. The van der Waals surface area contributed by atoms with Crippen LogP contribution in [0.1, 0.15) is 19.4 Å². The van der Waals surface area contributed by atoms with Gasteiger partial charge in [-0.3, -0.25) is 9.88 Å². The van der Waals surface area contributed by atoms with Crippen molar-refractivity contribution in [3.05, 3.63) is 30.0 Å². The van der Waals surface area contributed by atoms with Crippen molar-refractivity contribution in [1.82, 2.24) is 9.88 Å². The molecule has 5 heteroatoms. The van der Waals surface area contributed by atoms with Crippen LogP contribution in [0, 0.1) is 6.92 Å². The molecular formula is C19H27N3O2. The highest BCUT2D eigenvalue weighted by molar-refractivity contribution is 5.96. The van der Waals surface area contributed by atoms with Gasteiger partial charge in [-0.05, 0) is 32.4 Å². The van der Waals surface area contributed by atoms with Gasteiger partial charge >= 0.3 is 0 Å². The number of hydrogen-bond acceptors (Lipinski definition) is 5. The van der Waals surface area contributed by atoms with Crippen LogP contribution in [-0.2, 0) is 0 Å². The molecule has 0 unspecified atom stereocenters. The van der Waals surface area contributed by atoms with Crippen molar-refractivity contribution in [3.63, 3.8) is 0 Å². The van der Waals surface area contributed by atoms with Crippen molar-refractivity contribution in [2.45, 2.75) is 26.4 Å². The Kier molecular flexibility index (Phi) is 4.65. The fourth-order valence-corrected chi connectivity index (χ4v) is 3.54. The van der Waals surface area contributed by atoms with Crippen LogP contribution < -0.4 is 9.64 Å². The maximum Gasteiger partial charge on any atom is 0.145 e. The molecule has 3 rings (SSSR count). The van der Waals surface area contributed by atoms with E-state index >= 15 is 0 Å². The van der Waals surface area contributed by atoms with E-state index in [4.69, 9.17) is 4.74 Å². The Bertz CT molecular complexity index is 716. The van der Waals surface area contributed by atoms with E-state index in [0.29, 0.717) is 6.54 Å². The number of hydrogen-bond donors (Lipinski definition) is 1. The second-order valence-corrected chi connectivity index (χ2v) is 7.22. The average molecular weight is 329 g/mol. The third-order valence-corrected chi connectivity index (χ3v) is 4.53. The fourth-order valence-electron chi connectivity index (χ4n) is 3.54. The highest BCUT2D eigenvalue weighted by Gasteiger charge is 2.24. The van der Waals surface area contributed by atoms with Crippen LogP contribution in [0.5, 0.6) is 5.75 Å². The summed E-state index contributed by atoms with van der Waals surface area (Å²) in [6, 6.07) is 6.10. The number of nitrogens with zero attached hydrogens (tertiary/aromatic N) is 3. The summed E-state index contributed by atoms with van der Waals surface area (Å²) in [6.07, 6.45) is 1.93. The van der Waals surface area contributed by atoms with Gasteiger partial charge in [0.2, 0.25) is 0 Å². The summed E-state index contributed by atoms with van der Waals surface area (Å²) in [5.74, 6) is 0.814. The van der Waals surface area contributed by atoms with E-state index in [2.05, 4.69) is 27.8 Å². The molecule has 0 atom stereocenters. The predicted octanol–water partition coefficient (Wildman–Crippen LogP) is 2.44. The summed E-state index contributed by atoms with van der Waals surface area (Å²) in [6.45, 7) is 10.4. The Morgan fingerprint density at radius 1 is 1.21 bits per heavy atom. The second kappa shape index (κ2) is 6.57. The zero-order valence-corrected chi connectivity index (χ0v) is 15.0.